The predicted molar refractivity (Wildman–Crippen MR) is 94.6 cm³/mol. The number of nitrogens with zero attached hydrogens (tertiary/aromatic N) is 3. The van der Waals surface area contributed by atoms with Crippen LogP contribution in [0.5, 0.6) is 0 Å². The maximum Gasteiger partial charge on any atom is 0.269 e. The molecule has 0 saturated carbocycles. The lowest BCUT2D eigenvalue weighted by Crippen LogP contribution is -2.44. The van der Waals surface area contributed by atoms with E-state index in [0.29, 0.717) is 17.9 Å². The molecule has 3 aliphatic rings. The molecule has 4 rings (SSSR count). The first-order chi connectivity index (χ1) is 11.9. The van der Waals surface area contributed by atoms with E-state index >= 15 is 0 Å². The Kier molecular flexibility index (Phi) is 3.54. The van der Waals surface area contributed by atoms with Crippen molar-refractivity contribution in [1.82, 2.24) is 4.90 Å². The molecule has 6 nitrogen and oxygen atoms in total. The average molecular weight is 358 g/mol. The first-order valence-corrected chi connectivity index (χ1v) is 8.43. The molecule has 1 aromatic rings. The average Bonchev–Trinajstić information content (AvgIpc) is 2.87. The number of likely N-dealkylation sites (N-methyl/N-ethyl adjacent to an activating group) is 1. The van der Waals surface area contributed by atoms with Crippen LogP contribution in [-0.2, 0) is 4.79 Å². The summed E-state index contributed by atoms with van der Waals surface area (Å²) in [6.07, 6.45) is 6.22. The third-order valence-electron chi connectivity index (χ3n) is 5.34. The highest BCUT2D eigenvalue weighted by molar-refractivity contribution is 6.31. The molecule has 1 fully saturated rings. The number of nitro groups is 1. The number of likely N-dealkylation sites (tertiary alicyclic amines) is 1. The van der Waals surface area contributed by atoms with Crippen molar-refractivity contribution in [2.75, 3.05) is 7.05 Å². The lowest BCUT2D eigenvalue weighted by molar-refractivity contribution is -0.384. The van der Waals surface area contributed by atoms with Crippen molar-refractivity contribution in [2.24, 2.45) is 10.9 Å². The lowest BCUT2D eigenvalue weighted by Gasteiger charge is -2.38. The van der Waals surface area contributed by atoms with Crippen molar-refractivity contribution < 1.29 is 9.72 Å². The molecule has 25 heavy (non-hydrogen) atoms. The summed E-state index contributed by atoms with van der Waals surface area (Å²) in [4.78, 5) is 29.9. The van der Waals surface area contributed by atoms with E-state index in [9.17, 15) is 14.9 Å². The number of halogens is 1. The summed E-state index contributed by atoms with van der Waals surface area (Å²) < 4.78 is 0. The molecule has 1 aromatic carbocycles. The molecule has 3 unspecified atom stereocenters. The SMILES string of the molecule is CN1C2=CC(Cl)=CC3C(=O)CC=NC23CC1c1cccc([N+](=O)[O-])c1. The van der Waals surface area contributed by atoms with Gasteiger partial charge in [0.15, 0.2) is 0 Å². The monoisotopic (exact) mass is 357 g/mol. The van der Waals surface area contributed by atoms with E-state index in [4.69, 9.17) is 16.6 Å². The minimum Gasteiger partial charge on any atom is -0.369 e. The summed E-state index contributed by atoms with van der Waals surface area (Å²) in [5.41, 5.74) is 1.14. The molecule has 0 N–H and O–H groups in total. The predicted octanol–water partition coefficient (Wildman–Crippen LogP) is 3.39. The Balaban J connectivity index is 1.81. The number of allylic oxidation sites excluding steroid dienone is 2. The van der Waals surface area contributed by atoms with Gasteiger partial charge in [0.2, 0.25) is 0 Å². The van der Waals surface area contributed by atoms with Crippen molar-refractivity contribution in [1.29, 1.82) is 0 Å². The molecule has 2 heterocycles. The molecular weight excluding hydrogens is 342 g/mol. The van der Waals surface area contributed by atoms with Crippen LogP contribution in [0.4, 0.5) is 5.69 Å². The lowest BCUT2D eigenvalue weighted by atomic mass is 9.72. The molecule has 0 bridgehead atoms. The summed E-state index contributed by atoms with van der Waals surface area (Å²) >= 11 is 6.26. The Bertz CT molecular complexity index is 876. The molecule has 1 saturated heterocycles. The van der Waals surface area contributed by atoms with Gasteiger partial charge in [-0.15, -0.1) is 0 Å². The van der Waals surface area contributed by atoms with Crippen LogP contribution in [0.2, 0.25) is 0 Å². The number of carbonyl (C=O) groups is 1. The van der Waals surface area contributed by atoms with Crippen molar-refractivity contribution in [3.63, 3.8) is 0 Å². The third-order valence-corrected chi connectivity index (χ3v) is 5.57. The van der Waals surface area contributed by atoms with Gasteiger partial charge in [0.25, 0.3) is 5.69 Å². The minimum atomic E-state index is -0.655. The molecule has 0 amide bonds. The van der Waals surface area contributed by atoms with Crippen LogP contribution in [0.15, 0.2) is 52.1 Å². The van der Waals surface area contributed by atoms with Gasteiger partial charge in [-0.2, -0.15) is 0 Å². The van der Waals surface area contributed by atoms with Crippen LogP contribution < -0.4 is 0 Å². The Labute approximate surface area is 149 Å². The number of nitro benzene ring substituents is 1. The molecule has 3 atom stereocenters. The fourth-order valence-electron chi connectivity index (χ4n) is 4.17. The molecule has 128 valence electrons. The molecule has 2 aliphatic heterocycles. The normalized spacial score (nSPS) is 30.5. The Morgan fingerprint density at radius 3 is 3.00 bits per heavy atom. The van der Waals surface area contributed by atoms with Gasteiger partial charge in [-0.25, -0.2) is 0 Å². The number of carbonyl (C=O) groups excluding carboxylic acids is 1. The highest BCUT2D eigenvalue weighted by Crippen LogP contribution is 2.54. The number of hydrogen-bond acceptors (Lipinski definition) is 5. The Morgan fingerprint density at radius 1 is 1.44 bits per heavy atom. The first-order valence-electron chi connectivity index (χ1n) is 8.05. The van der Waals surface area contributed by atoms with E-state index in [1.54, 1.807) is 24.4 Å². The highest BCUT2D eigenvalue weighted by atomic mass is 35.5. The van der Waals surface area contributed by atoms with Crippen LogP contribution in [0.3, 0.4) is 0 Å². The molecule has 7 heteroatoms. The molecule has 0 aromatic heterocycles. The maximum atomic E-state index is 12.5. The topological polar surface area (TPSA) is 75.8 Å². The van der Waals surface area contributed by atoms with Gasteiger partial charge in [0, 0.05) is 49.0 Å². The summed E-state index contributed by atoms with van der Waals surface area (Å²) in [5, 5.41) is 11.6. The second kappa shape index (κ2) is 5.52. The van der Waals surface area contributed by atoms with Crippen LogP contribution >= 0.6 is 11.6 Å². The molecule has 1 spiro atoms. The van der Waals surface area contributed by atoms with Gasteiger partial charge in [-0.1, -0.05) is 29.8 Å². The largest absolute Gasteiger partial charge is 0.369 e. The summed E-state index contributed by atoms with van der Waals surface area (Å²) in [6, 6.07) is 6.53. The zero-order valence-electron chi connectivity index (χ0n) is 13.6. The highest BCUT2D eigenvalue weighted by Gasteiger charge is 2.55. The van der Waals surface area contributed by atoms with Gasteiger partial charge in [-0.3, -0.25) is 19.9 Å². The van der Waals surface area contributed by atoms with E-state index in [-0.39, 0.29) is 23.4 Å². The number of ketones is 1. The number of benzene rings is 1. The van der Waals surface area contributed by atoms with Crippen LogP contribution in [0.1, 0.15) is 24.4 Å². The number of rotatable bonds is 2. The second-order valence-corrected chi connectivity index (χ2v) is 7.08. The smallest absolute Gasteiger partial charge is 0.269 e. The minimum absolute atomic E-state index is 0.0585. The molecule has 1 aliphatic carbocycles. The molecule has 0 radical (unpaired) electrons. The second-order valence-electron chi connectivity index (χ2n) is 6.65. The van der Waals surface area contributed by atoms with E-state index in [0.717, 1.165) is 11.3 Å². The van der Waals surface area contributed by atoms with Crippen LogP contribution in [0.25, 0.3) is 0 Å². The zero-order chi connectivity index (χ0) is 17.8. The van der Waals surface area contributed by atoms with E-state index < -0.39 is 10.5 Å². The number of non-ortho nitro benzene ring substituents is 1. The van der Waals surface area contributed by atoms with Crippen molar-refractivity contribution in [3.05, 3.63) is 62.8 Å². The van der Waals surface area contributed by atoms with Crippen molar-refractivity contribution in [3.8, 4) is 0 Å². The van der Waals surface area contributed by atoms with E-state index in [2.05, 4.69) is 0 Å². The van der Waals surface area contributed by atoms with Crippen molar-refractivity contribution >= 4 is 29.3 Å². The van der Waals surface area contributed by atoms with E-state index in [1.807, 2.05) is 24.1 Å². The fraction of sp³-hybridized carbons (Fsp3) is 0.333. The van der Waals surface area contributed by atoms with Gasteiger partial charge in [-0.05, 0) is 11.6 Å². The van der Waals surface area contributed by atoms with Gasteiger partial charge < -0.3 is 4.90 Å². The van der Waals surface area contributed by atoms with Crippen LogP contribution in [0, 0.1) is 16.0 Å². The van der Waals surface area contributed by atoms with Gasteiger partial charge >= 0.3 is 0 Å². The summed E-state index contributed by atoms with van der Waals surface area (Å²) in [7, 11) is 1.92. The zero-order valence-corrected chi connectivity index (χ0v) is 14.3. The van der Waals surface area contributed by atoms with Crippen LogP contribution in [-0.4, -0.2) is 34.4 Å². The van der Waals surface area contributed by atoms with Gasteiger partial charge in [0.1, 0.15) is 11.3 Å². The third kappa shape index (κ3) is 2.32. The van der Waals surface area contributed by atoms with Crippen molar-refractivity contribution in [2.45, 2.75) is 24.4 Å². The fourth-order valence-corrected chi connectivity index (χ4v) is 4.40. The Morgan fingerprint density at radius 2 is 2.24 bits per heavy atom. The number of Topliss-reactive ketones (excluding diaryl/α,β-unsaturated/α-hetero) is 1. The summed E-state index contributed by atoms with van der Waals surface area (Å²) in [6.45, 7) is 0. The quantitative estimate of drug-likeness (QED) is 0.600. The summed E-state index contributed by atoms with van der Waals surface area (Å²) in [5.74, 6) is -0.275. The maximum absolute atomic E-state index is 12.5. The van der Waals surface area contributed by atoms with Gasteiger partial charge in [0.05, 0.1) is 16.9 Å². The first kappa shape index (κ1) is 16.0. The molecular formula is C18H16ClN3O3. The Hall–Kier alpha value is -2.47. The number of hydrogen-bond donors (Lipinski definition) is 0. The standard InChI is InChI=1S/C18H16ClN3O3/c1-21-15(11-3-2-4-13(7-11)22(24)25)10-18-14(16(23)5-6-20-18)8-12(19)9-17(18)21/h2-4,6-9,14-15H,5,10H2,1H3. The van der Waals surface area contributed by atoms with E-state index in [1.165, 1.54) is 6.07 Å². The number of aliphatic imine (C=N–C) groups is 1.